The lowest BCUT2D eigenvalue weighted by Gasteiger charge is -2.44. The molecule has 2 aliphatic heterocycles. The number of anilines is 2. The molecule has 1 amide bonds. The highest BCUT2D eigenvalue weighted by atomic mass is 19.1. The number of nitrogens with zero attached hydrogens (tertiary/aromatic N) is 3. The van der Waals surface area contributed by atoms with Crippen molar-refractivity contribution in [2.24, 2.45) is 10.7 Å². The van der Waals surface area contributed by atoms with E-state index < -0.39 is 0 Å². The van der Waals surface area contributed by atoms with Crippen molar-refractivity contribution in [2.45, 2.75) is 32.2 Å². The number of carbonyl (C=O) groups is 1. The van der Waals surface area contributed by atoms with E-state index in [4.69, 9.17) is 10.5 Å². The fourth-order valence-corrected chi connectivity index (χ4v) is 5.02. The number of amides is 1. The van der Waals surface area contributed by atoms with Crippen molar-refractivity contribution in [1.82, 2.24) is 5.01 Å². The van der Waals surface area contributed by atoms with Crippen LogP contribution in [-0.4, -0.2) is 30.4 Å². The number of aliphatic imine (C=N–C) groups is 1. The van der Waals surface area contributed by atoms with Crippen LogP contribution in [0.1, 0.15) is 43.4 Å². The maximum Gasteiger partial charge on any atom is 0.250 e. The van der Waals surface area contributed by atoms with E-state index in [9.17, 15) is 9.18 Å². The van der Waals surface area contributed by atoms with Crippen LogP contribution in [0.3, 0.4) is 0 Å². The number of rotatable bonds is 6. The van der Waals surface area contributed by atoms with Crippen molar-refractivity contribution in [2.75, 3.05) is 24.0 Å². The molecule has 0 aliphatic carbocycles. The Bertz CT molecular complexity index is 1430. The summed E-state index contributed by atoms with van der Waals surface area (Å²) in [5.74, 6) is 0.794. The molecule has 39 heavy (non-hydrogen) atoms. The van der Waals surface area contributed by atoms with Crippen LogP contribution >= 0.6 is 0 Å². The third-order valence-electron chi connectivity index (χ3n) is 6.80. The number of ether oxygens (including phenoxy) is 1. The van der Waals surface area contributed by atoms with E-state index in [1.165, 1.54) is 12.1 Å². The average molecular weight is 526 g/mol. The molecule has 0 aromatic heterocycles. The summed E-state index contributed by atoms with van der Waals surface area (Å²) in [4.78, 5) is 17.9. The van der Waals surface area contributed by atoms with Crippen LogP contribution in [0.4, 0.5) is 15.8 Å². The number of hydrogen-bond acceptors (Lipinski definition) is 6. The molecule has 3 aromatic rings. The fourth-order valence-electron chi connectivity index (χ4n) is 5.02. The maximum atomic E-state index is 13.9. The SMILES string of the molecule is COc1cc(/C=C2\CCCN3C2=NC(=O)CC(c2ccccc2)N3c2ccc(F)cc2)ccc1N/C=C(/C)N. The van der Waals surface area contributed by atoms with Gasteiger partial charge in [0.25, 0.3) is 0 Å². The number of halogens is 1. The minimum atomic E-state index is -0.307. The molecule has 200 valence electrons. The van der Waals surface area contributed by atoms with Crippen molar-refractivity contribution < 1.29 is 13.9 Å². The summed E-state index contributed by atoms with van der Waals surface area (Å²) in [5.41, 5.74) is 10.9. The molecule has 1 saturated heterocycles. The first kappa shape index (κ1) is 26.0. The van der Waals surface area contributed by atoms with Crippen LogP contribution in [0.25, 0.3) is 6.08 Å². The molecule has 7 nitrogen and oxygen atoms in total. The second-order valence-corrected chi connectivity index (χ2v) is 9.67. The van der Waals surface area contributed by atoms with Crippen LogP contribution in [-0.2, 0) is 4.79 Å². The highest BCUT2D eigenvalue weighted by Gasteiger charge is 2.36. The number of carbonyl (C=O) groups excluding carboxylic acids is 1. The summed E-state index contributed by atoms with van der Waals surface area (Å²) in [5, 5.41) is 7.33. The van der Waals surface area contributed by atoms with Gasteiger partial charge in [0, 0.05) is 18.4 Å². The Labute approximate surface area is 228 Å². The van der Waals surface area contributed by atoms with Crippen molar-refractivity contribution in [3.05, 3.63) is 107 Å². The van der Waals surface area contributed by atoms with Gasteiger partial charge in [-0.05, 0) is 78.9 Å². The molecule has 2 aliphatic rings. The Balaban J connectivity index is 1.56. The van der Waals surface area contributed by atoms with Crippen LogP contribution in [0.2, 0.25) is 0 Å². The van der Waals surface area contributed by atoms with Gasteiger partial charge in [-0.15, -0.1) is 0 Å². The number of hydrazine groups is 1. The number of methoxy groups -OCH3 is 1. The van der Waals surface area contributed by atoms with Gasteiger partial charge in [0.15, 0.2) is 5.84 Å². The van der Waals surface area contributed by atoms with Crippen molar-refractivity contribution >= 4 is 29.2 Å². The van der Waals surface area contributed by atoms with Crippen molar-refractivity contribution in [3.63, 3.8) is 0 Å². The monoisotopic (exact) mass is 525 g/mol. The molecule has 8 heteroatoms. The van der Waals surface area contributed by atoms with E-state index in [2.05, 4.69) is 26.4 Å². The molecule has 0 saturated carbocycles. The Morgan fingerprint density at radius 3 is 2.62 bits per heavy atom. The van der Waals surface area contributed by atoms with Crippen molar-refractivity contribution in [1.29, 1.82) is 0 Å². The van der Waals surface area contributed by atoms with Gasteiger partial charge in [0.2, 0.25) is 5.91 Å². The number of allylic oxidation sites excluding steroid dienone is 1. The number of nitrogens with two attached hydrogens (primary N) is 1. The molecule has 0 radical (unpaired) electrons. The average Bonchev–Trinajstić information content (AvgIpc) is 3.09. The number of benzene rings is 3. The molecule has 3 N–H and O–H groups in total. The van der Waals surface area contributed by atoms with E-state index in [0.717, 1.165) is 40.9 Å². The normalized spacial score (nSPS) is 18.9. The third-order valence-corrected chi connectivity index (χ3v) is 6.80. The zero-order chi connectivity index (χ0) is 27.4. The van der Waals surface area contributed by atoms with Crippen LogP contribution in [0.5, 0.6) is 5.75 Å². The summed E-state index contributed by atoms with van der Waals surface area (Å²) in [6, 6.07) is 21.9. The number of piperidine rings is 1. The molecule has 0 bridgehead atoms. The fraction of sp³-hybridized carbons (Fsp3) is 0.226. The lowest BCUT2D eigenvalue weighted by Crippen LogP contribution is -2.50. The molecular formula is C31H32FN5O2. The quantitative estimate of drug-likeness (QED) is 0.409. The van der Waals surface area contributed by atoms with Gasteiger partial charge >= 0.3 is 0 Å². The summed E-state index contributed by atoms with van der Waals surface area (Å²) >= 11 is 0. The molecule has 0 spiro atoms. The Morgan fingerprint density at radius 1 is 1.13 bits per heavy atom. The zero-order valence-corrected chi connectivity index (χ0v) is 22.1. The smallest absolute Gasteiger partial charge is 0.250 e. The van der Waals surface area contributed by atoms with Crippen molar-refractivity contribution in [3.8, 4) is 5.75 Å². The maximum absolute atomic E-state index is 13.9. The summed E-state index contributed by atoms with van der Waals surface area (Å²) in [7, 11) is 1.62. The minimum absolute atomic E-state index is 0.192. The van der Waals surface area contributed by atoms with Gasteiger partial charge in [0.1, 0.15) is 11.6 Å². The Morgan fingerprint density at radius 2 is 1.90 bits per heavy atom. The number of fused-ring (bicyclic) bond motifs is 1. The Hall–Kier alpha value is -4.59. The summed E-state index contributed by atoms with van der Waals surface area (Å²) in [6.07, 6.45) is 5.62. The van der Waals surface area contributed by atoms with E-state index in [0.29, 0.717) is 23.8 Å². The lowest BCUT2D eigenvalue weighted by atomic mass is 10.00. The largest absolute Gasteiger partial charge is 0.495 e. The van der Waals surface area contributed by atoms with Crippen LogP contribution in [0.15, 0.2) is 95.3 Å². The first-order valence-electron chi connectivity index (χ1n) is 13.0. The molecule has 1 atom stereocenters. The molecule has 5 rings (SSSR count). The first-order valence-corrected chi connectivity index (χ1v) is 13.0. The zero-order valence-electron chi connectivity index (χ0n) is 22.1. The van der Waals surface area contributed by atoms with Gasteiger partial charge < -0.3 is 15.8 Å². The summed E-state index contributed by atoms with van der Waals surface area (Å²) < 4.78 is 19.5. The minimum Gasteiger partial charge on any atom is -0.495 e. The molecule has 3 aromatic carbocycles. The first-order chi connectivity index (χ1) is 18.9. The van der Waals surface area contributed by atoms with Gasteiger partial charge in [-0.2, -0.15) is 4.99 Å². The highest BCUT2D eigenvalue weighted by Crippen LogP contribution is 2.38. The molecule has 2 heterocycles. The number of hydrogen-bond donors (Lipinski definition) is 2. The van der Waals surface area contributed by atoms with Gasteiger partial charge in [-0.3, -0.25) is 14.8 Å². The molecular weight excluding hydrogens is 493 g/mol. The highest BCUT2D eigenvalue weighted by molar-refractivity contribution is 6.09. The van der Waals surface area contributed by atoms with E-state index >= 15 is 0 Å². The predicted octanol–water partition coefficient (Wildman–Crippen LogP) is 6.04. The standard InChI is InChI=1S/C31H32FN5O2/c1-21(33)20-34-27-15-10-22(18-29(27)39-2)17-24-9-6-16-36-31(24)35-30(38)19-28(23-7-4-3-5-8-23)37(36)26-13-11-25(32)12-14-26/h3-5,7-8,10-15,17-18,20,28,34H,6,9,16,19,33H2,1-2H3/b21-20-,24-17+. The topological polar surface area (TPSA) is 83.2 Å². The van der Waals surface area contributed by atoms with E-state index in [-0.39, 0.29) is 24.2 Å². The second kappa shape index (κ2) is 11.4. The van der Waals surface area contributed by atoms with Gasteiger partial charge in [-0.25, -0.2) is 4.39 Å². The second-order valence-electron chi connectivity index (χ2n) is 9.67. The molecule has 1 unspecified atom stereocenters. The van der Waals surface area contributed by atoms with E-state index in [1.807, 2.05) is 48.5 Å². The lowest BCUT2D eigenvalue weighted by molar-refractivity contribution is -0.118. The third kappa shape index (κ3) is 5.80. The van der Waals surface area contributed by atoms with Gasteiger partial charge in [0.05, 0.1) is 30.9 Å². The number of amidine groups is 1. The van der Waals surface area contributed by atoms with Gasteiger partial charge in [-0.1, -0.05) is 36.4 Å². The predicted molar refractivity (Wildman–Crippen MR) is 154 cm³/mol. The van der Waals surface area contributed by atoms with Crippen LogP contribution in [0, 0.1) is 5.82 Å². The number of nitrogens with one attached hydrogen (secondary N) is 1. The summed E-state index contributed by atoms with van der Waals surface area (Å²) in [6.45, 7) is 2.49. The van der Waals surface area contributed by atoms with Crippen LogP contribution < -0.4 is 20.8 Å². The Kier molecular flexibility index (Phi) is 7.63. The molecule has 1 fully saturated rings. The van der Waals surface area contributed by atoms with E-state index in [1.54, 1.807) is 32.4 Å².